The van der Waals surface area contributed by atoms with Crippen molar-refractivity contribution in [3.05, 3.63) is 54.1 Å². The van der Waals surface area contributed by atoms with Crippen molar-refractivity contribution in [1.82, 2.24) is 14.9 Å². The Morgan fingerprint density at radius 3 is 2.33 bits per heavy atom. The second-order valence-electron chi connectivity index (χ2n) is 12.6. The van der Waals surface area contributed by atoms with Crippen LogP contribution in [0.5, 0.6) is 5.75 Å². The van der Waals surface area contributed by atoms with Gasteiger partial charge in [0, 0.05) is 18.2 Å². The van der Waals surface area contributed by atoms with Crippen molar-refractivity contribution in [2.45, 2.75) is 84.1 Å². The smallest absolute Gasteiger partial charge is 0.410 e. The van der Waals surface area contributed by atoms with Gasteiger partial charge < -0.3 is 24.4 Å². The first-order chi connectivity index (χ1) is 19.5. The number of piperidine rings is 1. The minimum absolute atomic E-state index is 0.252. The maximum absolute atomic E-state index is 13.2. The van der Waals surface area contributed by atoms with Gasteiger partial charge >= 0.3 is 12.2 Å². The zero-order valence-electron chi connectivity index (χ0n) is 25.7. The molecule has 2 aromatic carbocycles. The number of sulfonamides is 1. The maximum atomic E-state index is 13.2. The van der Waals surface area contributed by atoms with E-state index in [-0.39, 0.29) is 13.2 Å². The minimum atomic E-state index is -3.50. The number of ether oxygens (including phenoxy) is 3. The standard InChI is InChI=1S/C31H45N3O7S/c1-30(2,3)40-28(35)32-17-19-39-27-16-9-8-14-24(27)23-13-10-12-22(20-23)21-26-25(33-42(7,37)38)15-11-18-34(26)29(36)41-31(4,5)6/h8-10,12-14,16,20,25-26,33H,11,15,17-19,21H2,1-7H3,(H,32,35). The van der Waals surface area contributed by atoms with Gasteiger partial charge in [-0.1, -0.05) is 42.5 Å². The molecule has 3 rings (SSSR count). The molecule has 11 heteroatoms. The van der Waals surface area contributed by atoms with Gasteiger partial charge in [-0.15, -0.1) is 0 Å². The van der Waals surface area contributed by atoms with Crippen LogP contribution in [0.3, 0.4) is 0 Å². The number of likely N-dealkylation sites (tertiary alicyclic amines) is 1. The average Bonchev–Trinajstić information content (AvgIpc) is 2.85. The molecule has 1 aliphatic heterocycles. The number of rotatable bonds is 9. The highest BCUT2D eigenvalue weighted by atomic mass is 32.2. The molecule has 1 heterocycles. The number of nitrogens with one attached hydrogen (secondary N) is 2. The molecule has 0 saturated carbocycles. The Labute approximate surface area is 250 Å². The predicted molar refractivity (Wildman–Crippen MR) is 163 cm³/mol. The number of benzene rings is 2. The van der Waals surface area contributed by atoms with Gasteiger partial charge in [-0.25, -0.2) is 22.7 Å². The average molecular weight is 604 g/mol. The summed E-state index contributed by atoms with van der Waals surface area (Å²) in [5.41, 5.74) is 1.47. The SMILES string of the molecule is CC(C)(C)OC(=O)NCCOc1ccccc1-c1cccc(CC2C(NS(C)(=O)=O)CCCN2C(=O)OC(C)(C)C)c1. The Morgan fingerprint density at radius 2 is 1.67 bits per heavy atom. The number of carbonyl (C=O) groups is 2. The molecule has 2 atom stereocenters. The molecule has 2 N–H and O–H groups in total. The van der Waals surface area contributed by atoms with Crippen molar-refractivity contribution in [2.75, 3.05) is 26.0 Å². The van der Waals surface area contributed by atoms with Crippen LogP contribution in [0, 0.1) is 0 Å². The fourth-order valence-corrected chi connectivity index (χ4v) is 5.66. The molecule has 2 amide bonds. The van der Waals surface area contributed by atoms with E-state index in [4.69, 9.17) is 14.2 Å². The van der Waals surface area contributed by atoms with Crippen LogP contribution in [0.2, 0.25) is 0 Å². The van der Waals surface area contributed by atoms with E-state index < -0.39 is 45.5 Å². The van der Waals surface area contributed by atoms with E-state index in [0.29, 0.717) is 31.6 Å². The van der Waals surface area contributed by atoms with Crippen molar-refractivity contribution >= 4 is 22.2 Å². The Morgan fingerprint density at radius 1 is 0.976 bits per heavy atom. The summed E-state index contributed by atoms with van der Waals surface area (Å²) in [5, 5.41) is 2.69. The van der Waals surface area contributed by atoms with Crippen LogP contribution >= 0.6 is 0 Å². The molecule has 2 aromatic rings. The van der Waals surface area contributed by atoms with Crippen LogP contribution in [0.25, 0.3) is 11.1 Å². The molecule has 42 heavy (non-hydrogen) atoms. The van der Waals surface area contributed by atoms with E-state index >= 15 is 0 Å². The number of hydrogen-bond acceptors (Lipinski definition) is 7. The van der Waals surface area contributed by atoms with Gasteiger partial charge in [-0.3, -0.25) is 0 Å². The number of para-hydroxylation sites is 1. The zero-order chi connectivity index (χ0) is 31.1. The van der Waals surface area contributed by atoms with Crippen molar-refractivity contribution in [3.63, 3.8) is 0 Å². The van der Waals surface area contributed by atoms with E-state index in [0.717, 1.165) is 22.9 Å². The van der Waals surface area contributed by atoms with E-state index in [2.05, 4.69) is 10.0 Å². The summed E-state index contributed by atoms with van der Waals surface area (Å²) < 4.78 is 44.1. The molecule has 2 unspecified atom stereocenters. The van der Waals surface area contributed by atoms with E-state index in [1.54, 1.807) is 25.7 Å². The van der Waals surface area contributed by atoms with Crippen molar-refractivity contribution in [3.8, 4) is 16.9 Å². The number of hydrogen-bond donors (Lipinski definition) is 2. The Bertz CT molecular complexity index is 1330. The third-order valence-electron chi connectivity index (χ3n) is 6.37. The largest absolute Gasteiger partial charge is 0.491 e. The van der Waals surface area contributed by atoms with Crippen LogP contribution in [-0.4, -0.2) is 74.7 Å². The number of carbonyl (C=O) groups excluding carboxylic acids is 2. The molecular weight excluding hydrogens is 558 g/mol. The summed E-state index contributed by atoms with van der Waals surface area (Å²) in [6.45, 7) is 11.9. The summed E-state index contributed by atoms with van der Waals surface area (Å²) >= 11 is 0. The summed E-state index contributed by atoms with van der Waals surface area (Å²) in [6, 6.07) is 14.7. The lowest BCUT2D eigenvalue weighted by Gasteiger charge is -2.41. The Balaban J connectivity index is 1.79. The molecule has 1 fully saturated rings. The molecule has 0 radical (unpaired) electrons. The van der Waals surface area contributed by atoms with E-state index in [9.17, 15) is 18.0 Å². The van der Waals surface area contributed by atoms with Crippen LogP contribution in [-0.2, 0) is 25.9 Å². The molecule has 0 aliphatic carbocycles. The van der Waals surface area contributed by atoms with Gasteiger partial charge in [0.25, 0.3) is 0 Å². The first-order valence-corrected chi connectivity index (χ1v) is 16.1. The topological polar surface area (TPSA) is 123 Å². The fraction of sp³-hybridized carbons (Fsp3) is 0.548. The van der Waals surface area contributed by atoms with Gasteiger partial charge in [-0.05, 0) is 78.0 Å². The predicted octanol–water partition coefficient (Wildman–Crippen LogP) is 5.12. The monoisotopic (exact) mass is 603 g/mol. The maximum Gasteiger partial charge on any atom is 0.410 e. The van der Waals surface area contributed by atoms with Crippen molar-refractivity contribution < 1.29 is 32.2 Å². The lowest BCUT2D eigenvalue weighted by molar-refractivity contribution is 0.00590. The van der Waals surface area contributed by atoms with Crippen LogP contribution in [0.4, 0.5) is 9.59 Å². The highest BCUT2D eigenvalue weighted by Gasteiger charge is 2.38. The first-order valence-electron chi connectivity index (χ1n) is 14.3. The number of alkyl carbamates (subject to hydrolysis) is 1. The van der Waals surface area contributed by atoms with Gasteiger partial charge in [0.1, 0.15) is 23.6 Å². The molecule has 0 bridgehead atoms. The van der Waals surface area contributed by atoms with E-state index in [1.165, 1.54) is 0 Å². The first kappa shape index (κ1) is 33.2. The quantitative estimate of drug-likeness (QED) is 0.382. The molecule has 10 nitrogen and oxygen atoms in total. The molecule has 0 spiro atoms. The van der Waals surface area contributed by atoms with Gasteiger partial charge in [0.05, 0.1) is 18.8 Å². The van der Waals surface area contributed by atoms with Crippen molar-refractivity contribution in [1.29, 1.82) is 0 Å². The highest BCUT2D eigenvalue weighted by molar-refractivity contribution is 7.88. The molecule has 0 aromatic heterocycles. The second-order valence-corrected chi connectivity index (χ2v) is 14.3. The van der Waals surface area contributed by atoms with Gasteiger partial charge in [0.15, 0.2) is 0 Å². The normalized spacial score (nSPS) is 17.8. The number of nitrogens with zero attached hydrogens (tertiary/aromatic N) is 1. The summed E-state index contributed by atoms with van der Waals surface area (Å²) in [7, 11) is -3.50. The van der Waals surface area contributed by atoms with E-state index in [1.807, 2.05) is 69.3 Å². The minimum Gasteiger partial charge on any atom is -0.491 e. The zero-order valence-corrected chi connectivity index (χ0v) is 26.5. The second kappa shape index (κ2) is 13.8. The molecule has 1 aliphatic rings. The third-order valence-corrected chi connectivity index (χ3v) is 7.10. The molecule has 232 valence electrons. The third kappa shape index (κ3) is 10.8. The van der Waals surface area contributed by atoms with Crippen LogP contribution < -0.4 is 14.8 Å². The lowest BCUT2D eigenvalue weighted by atomic mass is 9.90. The van der Waals surface area contributed by atoms with Crippen LogP contribution in [0.15, 0.2) is 48.5 Å². The van der Waals surface area contributed by atoms with Gasteiger partial charge in [0.2, 0.25) is 10.0 Å². The van der Waals surface area contributed by atoms with Crippen molar-refractivity contribution in [2.24, 2.45) is 0 Å². The summed E-state index contributed by atoms with van der Waals surface area (Å²) in [5.74, 6) is 0.658. The molecule has 1 saturated heterocycles. The highest BCUT2D eigenvalue weighted by Crippen LogP contribution is 2.32. The van der Waals surface area contributed by atoms with Crippen LogP contribution in [0.1, 0.15) is 59.9 Å². The van der Waals surface area contributed by atoms with Gasteiger partial charge in [-0.2, -0.15) is 0 Å². The fourth-order valence-electron chi connectivity index (χ4n) is 4.84. The number of amides is 2. The summed E-state index contributed by atoms with van der Waals surface area (Å²) in [4.78, 5) is 26.8. The Hall–Kier alpha value is -3.31. The lowest BCUT2D eigenvalue weighted by Crippen LogP contribution is -2.58. The summed E-state index contributed by atoms with van der Waals surface area (Å²) in [6.07, 6.45) is 1.89. The Kier molecular flexibility index (Phi) is 10.9. The molecular formula is C31H45N3O7S.